The highest BCUT2D eigenvalue weighted by Gasteiger charge is 2.11. The average Bonchev–Trinajstić information content (AvgIpc) is 2.37. The molecule has 1 unspecified atom stereocenters. The molecule has 2 rings (SSSR count). The smallest absolute Gasteiger partial charge is 0.0903 e. The summed E-state index contributed by atoms with van der Waals surface area (Å²) in [5.41, 5.74) is 0.902. The summed E-state index contributed by atoms with van der Waals surface area (Å²) in [6.07, 6.45) is 10.2. The van der Waals surface area contributed by atoms with Crippen molar-refractivity contribution < 1.29 is 4.74 Å². The van der Waals surface area contributed by atoms with Crippen molar-refractivity contribution in [1.29, 1.82) is 0 Å². The second kappa shape index (κ2) is 6.55. The second-order valence-electron chi connectivity index (χ2n) is 4.18. The Kier molecular flexibility index (Phi) is 4.70. The lowest BCUT2D eigenvalue weighted by atomic mass is 10.0. The first kappa shape index (κ1) is 11.5. The van der Waals surface area contributed by atoms with Gasteiger partial charge in [-0.25, -0.2) is 0 Å². The van der Waals surface area contributed by atoms with Gasteiger partial charge in [-0.1, -0.05) is 6.42 Å². The number of hydrogen-bond acceptors (Lipinski definition) is 4. The number of piperidine rings is 1. The molecule has 0 aromatic carbocycles. The Bertz CT molecular complexity index is 286. The molecule has 1 atom stereocenters. The molecule has 0 spiro atoms. The van der Waals surface area contributed by atoms with E-state index in [0.717, 1.165) is 25.3 Å². The van der Waals surface area contributed by atoms with Crippen molar-refractivity contribution in [3.63, 3.8) is 0 Å². The SMILES string of the molecule is c1cnc(COCCC2CCCCN2)cn1. The van der Waals surface area contributed by atoms with E-state index in [1.807, 2.05) is 0 Å². The van der Waals surface area contributed by atoms with Crippen LogP contribution in [0.1, 0.15) is 31.4 Å². The van der Waals surface area contributed by atoms with Crippen molar-refractivity contribution in [1.82, 2.24) is 15.3 Å². The number of hydrogen-bond donors (Lipinski definition) is 1. The minimum absolute atomic E-state index is 0.570. The first-order chi connectivity index (χ1) is 7.95. The quantitative estimate of drug-likeness (QED) is 0.766. The van der Waals surface area contributed by atoms with Crippen LogP contribution in [0.3, 0.4) is 0 Å². The van der Waals surface area contributed by atoms with E-state index in [1.54, 1.807) is 18.6 Å². The molecule has 0 saturated carbocycles. The molecule has 1 N–H and O–H groups in total. The minimum atomic E-state index is 0.570. The van der Waals surface area contributed by atoms with E-state index in [4.69, 9.17) is 4.74 Å². The molecule has 1 aliphatic heterocycles. The molecule has 88 valence electrons. The zero-order valence-electron chi connectivity index (χ0n) is 9.56. The van der Waals surface area contributed by atoms with Crippen LogP contribution in [0.5, 0.6) is 0 Å². The van der Waals surface area contributed by atoms with Crippen molar-refractivity contribution in [2.45, 2.75) is 38.3 Å². The normalized spacial score (nSPS) is 20.9. The molecule has 0 radical (unpaired) electrons. The third kappa shape index (κ3) is 3.87. The Labute approximate surface area is 96.4 Å². The van der Waals surface area contributed by atoms with Gasteiger partial charge in [-0.15, -0.1) is 0 Å². The molecule has 2 heterocycles. The first-order valence-electron chi connectivity index (χ1n) is 6.01. The van der Waals surface area contributed by atoms with E-state index in [0.29, 0.717) is 12.6 Å². The topological polar surface area (TPSA) is 47.0 Å². The summed E-state index contributed by atoms with van der Waals surface area (Å²) in [6.45, 7) is 2.53. The van der Waals surface area contributed by atoms with E-state index in [-0.39, 0.29) is 0 Å². The summed E-state index contributed by atoms with van der Waals surface area (Å²) in [5, 5.41) is 3.51. The second-order valence-corrected chi connectivity index (χ2v) is 4.18. The van der Waals surface area contributed by atoms with E-state index in [9.17, 15) is 0 Å². The van der Waals surface area contributed by atoms with Crippen LogP contribution in [-0.2, 0) is 11.3 Å². The molecule has 1 fully saturated rings. The predicted molar refractivity (Wildman–Crippen MR) is 61.9 cm³/mol. The minimum Gasteiger partial charge on any atom is -0.375 e. The molecule has 0 amide bonds. The summed E-state index contributed by atoms with van der Waals surface area (Å²) < 4.78 is 5.58. The summed E-state index contributed by atoms with van der Waals surface area (Å²) in [6, 6.07) is 0.649. The summed E-state index contributed by atoms with van der Waals surface area (Å²) in [7, 11) is 0. The third-order valence-electron chi connectivity index (χ3n) is 2.89. The van der Waals surface area contributed by atoms with Gasteiger partial charge in [-0.2, -0.15) is 0 Å². The molecular formula is C12H19N3O. The van der Waals surface area contributed by atoms with Gasteiger partial charge in [0.25, 0.3) is 0 Å². The highest BCUT2D eigenvalue weighted by molar-refractivity contribution is 4.91. The van der Waals surface area contributed by atoms with Gasteiger partial charge < -0.3 is 10.1 Å². The van der Waals surface area contributed by atoms with Crippen LogP contribution in [0.2, 0.25) is 0 Å². The predicted octanol–water partition coefficient (Wildman–Crippen LogP) is 1.53. The molecule has 1 saturated heterocycles. The molecule has 0 aliphatic carbocycles. The van der Waals surface area contributed by atoms with Crippen LogP contribution in [0.15, 0.2) is 18.6 Å². The van der Waals surface area contributed by atoms with Crippen LogP contribution < -0.4 is 5.32 Å². The van der Waals surface area contributed by atoms with Gasteiger partial charge >= 0.3 is 0 Å². The number of rotatable bonds is 5. The van der Waals surface area contributed by atoms with E-state index < -0.39 is 0 Å². The van der Waals surface area contributed by atoms with Gasteiger partial charge in [-0.3, -0.25) is 9.97 Å². The van der Waals surface area contributed by atoms with E-state index in [1.165, 1.54) is 19.3 Å². The van der Waals surface area contributed by atoms with Gasteiger partial charge in [0.2, 0.25) is 0 Å². The maximum absolute atomic E-state index is 5.58. The third-order valence-corrected chi connectivity index (χ3v) is 2.89. The lowest BCUT2D eigenvalue weighted by molar-refractivity contribution is 0.106. The van der Waals surface area contributed by atoms with E-state index in [2.05, 4.69) is 15.3 Å². The highest BCUT2D eigenvalue weighted by atomic mass is 16.5. The van der Waals surface area contributed by atoms with Crippen molar-refractivity contribution in [2.75, 3.05) is 13.2 Å². The lowest BCUT2D eigenvalue weighted by Gasteiger charge is -2.23. The monoisotopic (exact) mass is 221 g/mol. The summed E-state index contributed by atoms with van der Waals surface area (Å²) in [5.74, 6) is 0. The Morgan fingerprint density at radius 2 is 2.38 bits per heavy atom. The lowest BCUT2D eigenvalue weighted by Crippen LogP contribution is -2.34. The van der Waals surface area contributed by atoms with Gasteiger partial charge in [-0.05, 0) is 25.8 Å². The van der Waals surface area contributed by atoms with Gasteiger partial charge in [0.1, 0.15) is 0 Å². The number of ether oxygens (including phenoxy) is 1. The largest absolute Gasteiger partial charge is 0.375 e. The van der Waals surface area contributed by atoms with E-state index >= 15 is 0 Å². The molecule has 1 aromatic rings. The number of nitrogens with zero attached hydrogens (tertiary/aromatic N) is 2. The van der Waals surface area contributed by atoms with Gasteiger partial charge in [0, 0.05) is 25.0 Å². The van der Waals surface area contributed by atoms with Crippen molar-refractivity contribution in [3.05, 3.63) is 24.3 Å². The highest BCUT2D eigenvalue weighted by Crippen LogP contribution is 2.10. The molecule has 16 heavy (non-hydrogen) atoms. The van der Waals surface area contributed by atoms with Gasteiger partial charge in [0.15, 0.2) is 0 Å². The molecule has 1 aromatic heterocycles. The standard InChI is InChI=1S/C12H19N3O/c1-2-5-14-11(3-1)4-8-16-10-12-9-13-6-7-15-12/h6-7,9,11,14H,1-5,8,10H2. The Hall–Kier alpha value is -1.00. The summed E-state index contributed by atoms with van der Waals surface area (Å²) in [4.78, 5) is 8.16. The van der Waals surface area contributed by atoms with Crippen molar-refractivity contribution in [3.8, 4) is 0 Å². The van der Waals surface area contributed by atoms with Crippen LogP contribution in [0.25, 0.3) is 0 Å². The first-order valence-corrected chi connectivity index (χ1v) is 6.01. The maximum Gasteiger partial charge on any atom is 0.0903 e. The maximum atomic E-state index is 5.58. The fourth-order valence-electron chi connectivity index (χ4n) is 1.98. The molecule has 0 bridgehead atoms. The summed E-state index contributed by atoms with van der Waals surface area (Å²) >= 11 is 0. The van der Waals surface area contributed by atoms with Crippen LogP contribution in [-0.4, -0.2) is 29.2 Å². The zero-order valence-corrected chi connectivity index (χ0v) is 9.56. The molecular weight excluding hydrogens is 202 g/mol. The van der Waals surface area contributed by atoms with Crippen LogP contribution >= 0.6 is 0 Å². The van der Waals surface area contributed by atoms with Gasteiger partial charge in [0.05, 0.1) is 18.5 Å². The molecule has 1 aliphatic rings. The van der Waals surface area contributed by atoms with Crippen molar-refractivity contribution >= 4 is 0 Å². The number of nitrogens with one attached hydrogen (secondary N) is 1. The zero-order chi connectivity index (χ0) is 11.1. The van der Waals surface area contributed by atoms with Crippen molar-refractivity contribution in [2.24, 2.45) is 0 Å². The fraction of sp³-hybridized carbons (Fsp3) is 0.667. The Morgan fingerprint density at radius 1 is 1.38 bits per heavy atom. The average molecular weight is 221 g/mol. The molecule has 4 heteroatoms. The van der Waals surface area contributed by atoms with Crippen LogP contribution in [0.4, 0.5) is 0 Å². The fourth-order valence-corrected chi connectivity index (χ4v) is 1.98. The Morgan fingerprint density at radius 3 is 3.12 bits per heavy atom. The molecule has 4 nitrogen and oxygen atoms in total. The number of aromatic nitrogens is 2. The Balaban J connectivity index is 1.58. The van der Waals surface area contributed by atoms with Crippen LogP contribution in [0, 0.1) is 0 Å².